The molecular weight excluding hydrogens is 314 g/mol. The number of phenolic OH excluding ortho intramolecular Hbond substituents is 1. The van der Waals surface area contributed by atoms with Crippen LogP contribution in [-0.2, 0) is 11.2 Å². The summed E-state index contributed by atoms with van der Waals surface area (Å²) in [6.45, 7) is 0.765. The van der Waals surface area contributed by atoms with Crippen LogP contribution in [0.25, 0.3) is 11.0 Å². The van der Waals surface area contributed by atoms with E-state index in [4.69, 9.17) is 0 Å². The number of hydrogen-bond acceptors (Lipinski definition) is 3. The van der Waals surface area contributed by atoms with Crippen molar-refractivity contribution in [3.05, 3.63) is 59.9 Å². The number of imidazole rings is 1. The van der Waals surface area contributed by atoms with Crippen LogP contribution in [0.2, 0.25) is 0 Å². The maximum atomic E-state index is 12.7. The van der Waals surface area contributed by atoms with Crippen molar-refractivity contribution in [1.29, 1.82) is 0 Å². The molecule has 1 unspecified atom stereocenters. The van der Waals surface area contributed by atoms with Crippen LogP contribution in [0.1, 0.15) is 36.7 Å². The number of H-pyrrole nitrogens is 1. The van der Waals surface area contributed by atoms with Crippen molar-refractivity contribution < 1.29 is 9.90 Å². The maximum absolute atomic E-state index is 12.7. The number of carbonyl (C=O) groups is 1. The Labute approximate surface area is 146 Å². The first kappa shape index (κ1) is 15.7. The summed E-state index contributed by atoms with van der Waals surface area (Å²) < 4.78 is 0. The van der Waals surface area contributed by atoms with Gasteiger partial charge in [-0.2, -0.15) is 0 Å². The molecule has 0 bridgehead atoms. The molecule has 2 heterocycles. The minimum Gasteiger partial charge on any atom is -0.508 e. The highest BCUT2D eigenvalue weighted by Gasteiger charge is 2.31. The number of amides is 1. The van der Waals surface area contributed by atoms with Gasteiger partial charge in [0.2, 0.25) is 5.91 Å². The van der Waals surface area contributed by atoms with Crippen molar-refractivity contribution in [3.63, 3.8) is 0 Å². The average Bonchev–Trinajstić information content (AvgIpc) is 3.27. The van der Waals surface area contributed by atoms with Gasteiger partial charge in [-0.1, -0.05) is 30.3 Å². The standard InChI is InChI=1S/C20H21N3O2/c24-18-10-4-1-6-14(18)11-12-19(25)23-13-5-9-17(23)20-21-15-7-2-3-8-16(15)22-20/h1-4,6-8,10,17,24H,5,9,11-13H2,(H,21,22). The van der Waals surface area contributed by atoms with Gasteiger partial charge in [0.1, 0.15) is 11.6 Å². The van der Waals surface area contributed by atoms with Gasteiger partial charge in [0.15, 0.2) is 0 Å². The third-order valence-corrected chi connectivity index (χ3v) is 4.90. The van der Waals surface area contributed by atoms with Gasteiger partial charge < -0.3 is 15.0 Å². The summed E-state index contributed by atoms with van der Waals surface area (Å²) >= 11 is 0. The molecule has 1 fully saturated rings. The second-order valence-corrected chi connectivity index (χ2v) is 6.51. The number of likely N-dealkylation sites (tertiary alicyclic amines) is 1. The van der Waals surface area contributed by atoms with E-state index in [0.717, 1.165) is 41.8 Å². The van der Waals surface area contributed by atoms with Crippen molar-refractivity contribution >= 4 is 16.9 Å². The molecule has 0 aliphatic carbocycles. The normalized spacial score (nSPS) is 17.3. The predicted molar refractivity (Wildman–Crippen MR) is 96.2 cm³/mol. The van der Waals surface area contributed by atoms with Gasteiger partial charge in [-0.05, 0) is 43.0 Å². The first-order chi connectivity index (χ1) is 12.2. The molecule has 1 aliphatic rings. The Bertz CT molecular complexity index is 870. The summed E-state index contributed by atoms with van der Waals surface area (Å²) in [6, 6.07) is 15.1. The third kappa shape index (κ3) is 3.09. The molecule has 5 nitrogen and oxygen atoms in total. The lowest BCUT2D eigenvalue weighted by molar-refractivity contribution is -0.132. The molecule has 0 spiro atoms. The van der Waals surface area contributed by atoms with Crippen LogP contribution >= 0.6 is 0 Å². The SMILES string of the molecule is O=C(CCc1ccccc1O)N1CCCC1c1nc2ccccc2[nH]1. The number of aromatic nitrogens is 2. The number of para-hydroxylation sites is 3. The van der Waals surface area contributed by atoms with E-state index in [1.807, 2.05) is 41.3 Å². The van der Waals surface area contributed by atoms with Crippen molar-refractivity contribution in [1.82, 2.24) is 14.9 Å². The topological polar surface area (TPSA) is 69.2 Å². The van der Waals surface area contributed by atoms with Gasteiger partial charge in [0.25, 0.3) is 0 Å². The number of fused-ring (bicyclic) bond motifs is 1. The second-order valence-electron chi connectivity index (χ2n) is 6.51. The quantitative estimate of drug-likeness (QED) is 0.766. The van der Waals surface area contributed by atoms with Gasteiger partial charge in [-0.25, -0.2) is 4.98 Å². The first-order valence-electron chi connectivity index (χ1n) is 8.73. The van der Waals surface area contributed by atoms with Crippen LogP contribution < -0.4 is 0 Å². The highest BCUT2D eigenvalue weighted by Crippen LogP contribution is 2.32. The second kappa shape index (κ2) is 6.59. The van der Waals surface area contributed by atoms with Crippen LogP contribution in [-0.4, -0.2) is 32.4 Å². The van der Waals surface area contributed by atoms with E-state index >= 15 is 0 Å². The van der Waals surface area contributed by atoms with Gasteiger partial charge in [0.05, 0.1) is 17.1 Å². The number of hydrogen-bond donors (Lipinski definition) is 2. The Morgan fingerprint density at radius 1 is 1.20 bits per heavy atom. The fourth-order valence-corrected chi connectivity index (χ4v) is 3.59. The van der Waals surface area contributed by atoms with E-state index in [1.165, 1.54) is 0 Å². The summed E-state index contributed by atoms with van der Waals surface area (Å²) in [5.41, 5.74) is 2.76. The van der Waals surface area contributed by atoms with E-state index in [2.05, 4.69) is 9.97 Å². The Kier molecular flexibility index (Phi) is 4.14. The van der Waals surface area contributed by atoms with Gasteiger partial charge in [-0.15, -0.1) is 0 Å². The lowest BCUT2D eigenvalue weighted by Crippen LogP contribution is -2.31. The fourth-order valence-electron chi connectivity index (χ4n) is 3.59. The number of phenols is 1. The van der Waals surface area contributed by atoms with Crippen molar-refractivity contribution in [2.24, 2.45) is 0 Å². The maximum Gasteiger partial charge on any atom is 0.223 e. The van der Waals surface area contributed by atoms with E-state index in [0.29, 0.717) is 12.8 Å². The van der Waals surface area contributed by atoms with Crippen LogP contribution in [0, 0.1) is 0 Å². The molecule has 5 heteroatoms. The Hall–Kier alpha value is -2.82. The molecule has 0 saturated carbocycles. The fraction of sp³-hybridized carbons (Fsp3) is 0.300. The number of rotatable bonds is 4. The minimum atomic E-state index is 0.0178. The molecule has 3 aromatic rings. The van der Waals surface area contributed by atoms with Crippen LogP contribution in [0.4, 0.5) is 0 Å². The molecule has 1 aliphatic heterocycles. The molecule has 1 saturated heterocycles. The average molecular weight is 335 g/mol. The molecule has 4 rings (SSSR count). The van der Waals surface area contributed by atoms with Crippen LogP contribution in [0.5, 0.6) is 5.75 Å². The minimum absolute atomic E-state index is 0.0178. The summed E-state index contributed by atoms with van der Waals surface area (Å²) in [7, 11) is 0. The number of aryl methyl sites for hydroxylation is 1. The predicted octanol–water partition coefficient (Wildman–Crippen LogP) is 3.56. The lowest BCUT2D eigenvalue weighted by atomic mass is 10.1. The van der Waals surface area contributed by atoms with Crippen molar-refractivity contribution in [2.75, 3.05) is 6.54 Å². The third-order valence-electron chi connectivity index (χ3n) is 4.90. The monoisotopic (exact) mass is 335 g/mol. The number of nitrogens with one attached hydrogen (secondary N) is 1. The summed E-state index contributed by atoms with van der Waals surface area (Å²) in [6.07, 6.45) is 2.87. The molecule has 128 valence electrons. The zero-order valence-electron chi connectivity index (χ0n) is 14.0. The number of aromatic amines is 1. The van der Waals surface area contributed by atoms with Crippen molar-refractivity contribution in [3.8, 4) is 5.75 Å². The van der Waals surface area contributed by atoms with Gasteiger partial charge in [0, 0.05) is 13.0 Å². The molecular formula is C20H21N3O2. The smallest absolute Gasteiger partial charge is 0.223 e. The largest absolute Gasteiger partial charge is 0.508 e. The van der Waals surface area contributed by atoms with E-state index in [9.17, 15) is 9.90 Å². The molecule has 0 radical (unpaired) electrons. The van der Waals surface area contributed by atoms with Crippen molar-refractivity contribution in [2.45, 2.75) is 31.7 Å². The Balaban J connectivity index is 1.49. The summed E-state index contributed by atoms with van der Waals surface area (Å²) in [5, 5.41) is 9.86. The van der Waals surface area contributed by atoms with Gasteiger partial charge in [-0.3, -0.25) is 4.79 Å². The highest BCUT2D eigenvalue weighted by atomic mass is 16.3. The van der Waals surface area contributed by atoms with E-state index in [1.54, 1.807) is 12.1 Å². The number of nitrogens with zero attached hydrogens (tertiary/aromatic N) is 2. The zero-order valence-corrected chi connectivity index (χ0v) is 14.0. The summed E-state index contributed by atoms with van der Waals surface area (Å²) in [4.78, 5) is 22.7. The lowest BCUT2D eigenvalue weighted by Gasteiger charge is -2.23. The number of carbonyl (C=O) groups excluding carboxylic acids is 1. The van der Waals surface area contributed by atoms with E-state index in [-0.39, 0.29) is 17.7 Å². The summed E-state index contributed by atoms with van der Waals surface area (Å²) in [5.74, 6) is 1.24. The number of benzene rings is 2. The zero-order chi connectivity index (χ0) is 17.2. The molecule has 1 aromatic heterocycles. The Morgan fingerprint density at radius 2 is 2.00 bits per heavy atom. The Morgan fingerprint density at radius 3 is 2.84 bits per heavy atom. The highest BCUT2D eigenvalue weighted by molar-refractivity contribution is 5.78. The van der Waals surface area contributed by atoms with E-state index < -0.39 is 0 Å². The molecule has 25 heavy (non-hydrogen) atoms. The van der Waals surface area contributed by atoms with Gasteiger partial charge >= 0.3 is 0 Å². The molecule has 2 N–H and O–H groups in total. The molecule has 1 amide bonds. The first-order valence-corrected chi connectivity index (χ1v) is 8.73. The molecule has 1 atom stereocenters. The van der Waals surface area contributed by atoms with Crippen LogP contribution in [0.3, 0.4) is 0 Å². The number of aromatic hydroxyl groups is 1. The van der Waals surface area contributed by atoms with Crippen LogP contribution in [0.15, 0.2) is 48.5 Å². The molecule has 2 aromatic carbocycles.